The standard InChI is InChI=1S/C17H17BrN4O4/c1-3-13(23)22-12(9-4-6-10(18)7-5-9)8-11(20-22)14-15(24)19-17(26)21(2)16(14)25/h4-7,12,25H,3,8H2,1-2H3,(H,19,24,26)/t12-/m1/s1. The minimum atomic E-state index is -0.732. The van der Waals surface area contributed by atoms with Crippen molar-refractivity contribution in [1.82, 2.24) is 14.6 Å². The highest BCUT2D eigenvalue weighted by molar-refractivity contribution is 9.10. The molecule has 0 bridgehead atoms. The molecule has 8 nitrogen and oxygen atoms in total. The number of benzene rings is 1. The number of H-pyrrole nitrogens is 1. The Labute approximate surface area is 156 Å². The van der Waals surface area contributed by atoms with E-state index in [-0.39, 0.29) is 36.1 Å². The highest BCUT2D eigenvalue weighted by atomic mass is 79.9. The summed E-state index contributed by atoms with van der Waals surface area (Å²) >= 11 is 3.37. The van der Waals surface area contributed by atoms with Gasteiger partial charge in [0.1, 0.15) is 5.56 Å². The van der Waals surface area contributed by atoms with Crippen molar-refractivity contribution in [1.29, 1.82) is 0 Å². The van der Waals surface area contributed by atoms with Crippen molar-refractivity contribution in [2.24, 2.45) is 12.1 Å². The third-order valence-electron chi connectivity index (χ3n) is 4.31. The maximum Gasteiger partial charge on any atom is 0.330 e. The van der Waals surface area contributed by atoms with Crippen LogP contribution in [0.4, 0.5) is 0 Å². The molecule has 1 atom stereocenters. The highest BCUT2D eigenvalue weighted by Crippen LogP contribution is 2.34. The van der Waals surface area contributed by atoms with Gasteiger partial charge < -0.3 is 5.11 Å². The zero-order valence-electron chi connectivity index (χ0n) is 14.2. The Hall–Kier alpha value is -2.68. The van der Waals surface area contributed by atoms with Crippen LogP contribution in [-0.4, -0.2) is 31.3 Å². The molecule has 0 aliphatic carbocycles. The minimum absolute atomic E-state index is 0.0967. The van der Waals surface area contributed by atoms with E-state index in [1.54, 1.807) is 6.92 Å². The normalized spacial score (nSPS) is 16.7. The summed E-state index contributed by atoms with van der Waals surface area (Å²) in [5.74, 6) is -0.675. The SMILES string of the molecule is CCC(=O)N1N=C(c2c(O)n(C)c(=O)[nH]c2=O)C[C@@H]1c1ccc(Br)cc1. The van der Waals surface area contributed by atoms with Gasteiger partial charge in [-0.25, -0.2) is 9.80 Å². The van der Waals surface area contributed by atoms with E-state index in [2.05, 4.69) is 26.0 Å². The molecule has 26 heavy (non-hydrogen) atoms. The first-order valence-corrected chi connectivity index (χ1v) is 8.80. The van der Waals surface area contributed by atoms with E-state index in [1.807, 2.05) is 24.3 Å². The van der Waals surface area contributed by atoms with Gasteiger partial charge in [0.2, 0.25) is 11.8 Å². The Morgan fingerprint density at radius 2 is 2.00 bits per heavy atom. The summed E-state index contributed by atoms with van der Waals surface area (Å²) in [6.45, 7) is 1.73. The Morgan fingerprint density at radius 3 is 2.62 bits per heavy atom. The van der Waals surface area contributed by atoms with Gasteiger partial charge in [0.15, 0.2) is 0 Å². The van der Waals surface area contributed by atoms with Crippen molar-refractivity contribution >= 4 is 27.5 Å². The molecular formula is C17H17BrN4O4. The summed E-state index contributed by atoms with van der Waals surface area (Å²) in [4.78, 5) is 38.3. The molecule has 1 aromatic carbocycles. The molecule has 1 aliphatic rings. The summed E-state index contributed by atoms with van der Waals surface area (Å²) < 4.78 is 1.83. The fraction of sp³-hybridized carbons (Fsp3) is 0.294. The van der Waals surface area contributed by atoms with Crippen molar-refractivity contribution in [3.8, 4) is 5.88 Å². The molecule has 0 spiro atoms. The smallest absolute Gasteiger partial charge is 0.330 e. The topological polar surface area (TPSA) is 108 Å². The van der Waals surface area contributed by atoms with Crippen molar-refractivity contribution < 1.29 is 9.90 Å². The molecule has 0 radical (unpaired) electrons. The van der Waals surface area contributed by atoms with E-state index < -0.39 is 17.1 Å². The number of nitrogens with zero attached hydrogens (tertiary/aromatic N) is 3. The van der Waals surface area contributed by atoms with Crippen LogP contribution in [0, 0.1) is 0 Å². The van der Waals surface area contributed by atoms with Gasteiger partial charge in [-0.1, -0.05) is 35.0 Å². The first kappa shape index (κ1) is 18.1. The second kappa shape index (κ2) is 6.91. The van der Waals surface area contributed by atoms with Gasteiger partial charge in [0.05, 0.1) is 11.8 Å². The van der Waals surface area contributed by atoms with E-state index >= 15 is 0 Å². The van der Waals surface area contributed by atoms with Crippen molar-refractivity contribution in [3.63, 3.8) is 0 Å². The van der Waals surface area contributed by atoms with Crippen LogP contribution < -0.4 is 11.2 Å². The molecule has 9 heteroatoms. The van der Waals surface area contributed by atoms with Gasteiger partial charge in [-0.15, -0.1) is 0 Å². The molecule has 0 saturated heterocycles. The minimum Gasteiger partial charge on any atom is -0.494 e. The number of aromatic amines is 1. The molecule has 136 valence electrons. The number of nitrogens with one attached hydrogen (secondary N) is 1. The number of aromatic nitrogens is 2. The lowest BCUT2D eigenvalue weighted by Crippen LogP contribution is -2.32. The summed E-state index contributed by atoms with van der Waals surface area (Å²) in [6.07, 6.45) is 0.502. The fourth-order valence-electron chi connectivity index (χ4n) is 2.87. The monoisotopic (exact) mass is 420 g/mol. The Morgan fingerprint density at radius 1 is 1.35 bits per heavy atom. The number of carbonyl (C=O) groups excluding carboxylic acids is 1. The molecule has 3 rings (SSSR count). The number of amides is 1. The second-order valence-corrected chi connectivity index (χ2v) is 6.84. The molecule has 2 heterocycles. The van der Waals surface area contributed by atoms with E-state index in [9.17, 15) is 19.5 Å². The number of hydrogen-bond donors (Lipinski definition) is 2. The zero-order valence-corrected chi connectivity index (χ0v) is 15.8. The molecular weight excluding hydrogens is 404 g/mol. The van der Waals surface area contributed by atoms with Crippen LogP contribution >= 0.6 is 15.9 Å². The van der Waals surface area contributed by atoms with Crippen LogP contribution in [0.1, 0.15) is 36.9 Å². The fourth-order valence-corrected chi connectivity index (χ4v) is 3.13. The molecule has 1 aromatic heterocycles. The number of carbonyl (C=O) groups is 1. The number of hydrazone groups is 1. The van der Waals surface area contributed by atoms with E-state index in [4.69, 9.17) is 0 Å². The Balaban J connectivity index is 2.09. The van der Waals surface area contributed by atoms with E-state index in [0.717, 1.165) is 14.6 Å². The lowest BCUT2D eigenvalue weighted by Gasteiger charge is -2.21. The van der Waals surface area contributed by atoms with Crippen LogP contribution in [0.2, 0.25) is 0 Å². The molecule has 0 unspecified atom stereocenters. The second-order valence-electron chi connectivity index (χ2n) is 5.93. The third-order valence-corrected chi connectivity index (χ3v) is 4.83. The first-order chi connectivity index (χ1) is 12.3. The van der Waals surface area contributed by atoms with Gasteiger partial charge in [-0.3, -0.25) is 19.1 Å². The molecule has 0 saturated carbocycles. The average molecular weight is 421 g/mol. The number of hydrogen-bond acceptors (Lipinski definition) is 5. The summed E-state index contributed by atoms with van der Waals surface area (Å²) in [6, 6.07) is 7.07. The first-order valence-electron chi connectivity index (χ1n) is 8.01. The van der Waals surface area contributed by atoms with Crippen molar-refractivity contribution in [3.05, 3.63) is 60.7 Å². The van der Waals surface area contributed by atoms with Crippen molar-refractivity contribution in [2.45, 2.75) is 25.8 Å². The Kier molecular flexibility index (Phi) is 4.82. The van der Waals surface area contributed by atoms with Crippen LogP contribution in [0.15, 0.2) is 43.4 Å². The van der Waals surface area contributed by atoms with E-state index in [1.165, 1.54) is 12.1 Å². The quantitative estimate of drug-likeness (QED) is 0.786. The third kappa shape index (κ3) is 3.10. The maximum atomic E-state index is 12.3. The Bertz CT molecular complexity index is 1010. The van der Waals surface area contributed by atoms with Gasteiger partial charge >= 0.3 is 5.69 Å². The summed E-state index contributed by atoms with van der Waals surface area (Å²) in [5, 5.41) is 15.9. The van der Waals surface area contributed by atoms with E-state index in [0.29, 0.717) is 0 Å². The van der Waals surface area contributed by atoms with Crippen LogP contribution in [0.3, 0.4) is 0 Å². The van der Waals surface area contributed by atoms with Crippen LogP contribution in [0.25, 0.3) is 0 Å². The summed E-state index contributed by atoms with van der Waals surface area (Å²) in [7, 11) is 1.34. The van der Waals surface area contributed by atoms with Gasteiger partial charge in [0.25, 0.3) is 5.56 Å². The predicted octanol–water partition coefficient (Wildman–Crippen LogP) is 1.63. The number of halogens is 1. The molecule has 2 N–H and O–H groups in total. The molecule has 0 fully saturated rings. The highest BCUT2D eigenvalue weighted by Gasteiger charge is 2.34. The number of rotatable bonds is 3. The number of aromatic hydroxyl groups is 1. The van der Waals surface area contributed by atoms with Crippen LogP contribution in [0.5, 0.6) is 5.88 Å². The molecule has 2 aromatic rings. The van der Waals surface area contributed by atoms with Gasteiger partial charge in [-0.05, 0) is 17.7 Å². The lowest BCUT2D eigenvalue weighted by atomic mass is 9.99. The zero-order chi connectivity index (χ0) is 19.0. The predicted molar refractivity (Wildman–Crippen MR) is 99.1 cm³/mol. The molecule has 1 amide bonds. The van der Waals surface area contributed by atoms with Gasteiger partial charge in [0, 0.05) is 24.4 Å². The van der Waals surface area contributed by atoms with Gasteiger partial charge in [-0.2, -0.15) is 5.10 Å². The lowest BCUT2D eigenvalue weighted by molar-refractivity contribution is -0.132. The summed E-state index contributed by atoms with van der Waals surface area (Å²) in [5.41, 5.74) is -0.435. The molecule has 1 aliphatic heterocycles. The largest absolute Gasteiger partial charge is 0.494 e. The maximum absolute atomic E-state index is 12.3. The van der Waals surface area contributed by atoms with Crippen LogP contribution in [-0.2, 0) is 11.8 Å². The van der Waals surface area contributed by atoms with Crippen molar-refractivity contribution in [2.75, 3.05) is 0 Å². The average Bonchev–Trinajstić information content (AvgIpc) is 3.04.